The summed E-state index contributed by atoms with van der Waals surface area (Å²) in [6, 6.07) is 2.20. The number of thiophene rings is 1. The second-order valence-electron chi connectivity index (χ2n) is 6.46. The molecule has 22 heavy (non-hydrogen) atoms. The first-order chi connectivity index (χ1) is 10.7. The summed E-state index contributed by atoms with van der Waals surface area (Å²) in [6.45, 7) is 1.36. The van der Waals surface area contributed by atoms with Crippen molar-refractivity contribution in [1.82, 2.24) is 4.90 Å². The third-order valence-corrected chi connectivity index (χ3v) is 6.09. The van der Waals surface area contributed by atoms with Crippen molar-refractivity contribution in [3.63, 3.8) is 0 Å². The molecule has 4 nitrogen and oxygen atoms in total. The third kappa shape index (κ3) is 3.12. The Kier molecular flexibility index (Phi) is 4.68. The van der Waals surface area contributed by atoms with Gasteiger partial charge in [0.15, 0.2) is 0 Å². The molecule has 0 radical (unpaired) electrons. The van der Waals surface area contributed by atoms with E-state index in [1.54, 1.807) is 0 Å². The molecule has 1 aromatic heterocycles. The minimum absolute atomic E-state index is 0.265. The summed E-state index contributed by atoms with van der Waals surface area (Å²) in [5, 5.41) is 9.76. The number of carbonyl (C=O) groups is 1. The summed E-state index contributed by atoms with van der Waals surface area (Å²) in [7, 11) is 0. The van der Waals surface area contributed by atoms with Gasteiger partial charge in [-0.1, -0.05) is 32.1 Å². The number of hydrogen-bond acceptors (Lipinski definition) is 4. The average molecular weight is 317 g/mol. The summed E-state index contributed by atoms with van der Waals surface area (Å²) in [6.07, 6.45) is 9.09. The van der Waals surface area contributed by atoms with Crippen LogP contribution in [0, 0.1) is 17.2 Å². The topological polar surface area (TPSA) is 70.1 Å². The maximum absolute atomic E-state index is 12.4. The molecule has 2 N–H and O–H groups in total. The fourth-order valence-electron chi connectivity index (χ4n) is 3.72. The van der Waals surface area contributed by atoms with Crippen molar-refractivity contribution < 1.29 is 4.79 Å². The minimum atomic E-state index is 0.265. The fraction of sp³-hybridized carbons (Fsp3) is 0.647. The number of hydrogen-bond donors (Lipinski definition) is 1. The molecule has 0 bridgehead atoms. The predicted octanol–water partition coefficient (Wildman–Crippen LogP) is 3.45. The maximum atomic E-state index is 12.4. The lowest BCUT2D eigenvalue weighted by molar-refractivity contribution is -0.132. The van der Waals surface area contributed by atoms with Crippen LogP contribution < -0.4 is 5.73 Å². The second kappa shape index (κ2) is 6.70. The molecule has 0 atom stereocenters. The Morgan fingerprint density at radius 2 is 2.14 bits per heavy atom. The molecular formula is C17H23N3OS. The van der Waals surface area contributed by atoms with Crippen LogP contribution in [0.1, 0.15) is 60.9 Å². The molecule has 1 aliphatic heterocycles. The van der Waals surface area contributed by atoms with E-state index in [0.29, 0.717) is 23.5 Å². The molecule has 2 heterocycles. The number of nitriles is 1. The molecule has 1 fully saturated rings. The number of nitrogen functional groups attached to an aromatic ring is 1. The number of rotatable bonds is 3. The highest BCUT2D eigenvalue weighted by Crippen LogP contribution is 2.35. The number of amides is 1. The van der Waals surface area contributed by atoms with Crippen LogP contribution >= 0.6 is 11.3 Å². The molecule has 1 saturated carbocycles. The number of nitrogens with zero attached hydrogens (tertiary/aromatic N) is 2. The number of carbonyl (C=O) groups excluding carboxylic acids is 1. The smallest absolute Gasteiger partial charge is 0.222 e. The first-order valence-corrected chi connectivity index (χ1v) is 9.08. The molecule has 118 valence electrons. The van der Waals surface area contributed by atoms with Crippen molar-refractivity contribution in [3.8, 4) is 6.07 Å². The molecule has 5 heteroatoms. The Morgan fingerprint density at radius 3 is 2.86 bits per heavy atom. The van der Waals surface area contributed by atoms with Crippen molar-refractivity contribution in [2.45, 2.75) is 57.9 Å². The third-order valence-electron chi connectivity index (χ3n) is 5.04. The van der Waals surface area contributed by atoms with Gasteiger partial charge in [-0.25, -0.2) is 0 Å². The zero-order valence-electron chi connectivity index (χ0n) is 12.9. The van der Waals surface area contributed by atoms with Crippen LogP contribution in [0.15, 0.2) is 0 Å². The highest BCUT2D eigenvalue weighted by molar-refractivity contribution is 7.16. The maximum Gasteiger partial charge on any atom is 0.222 e. The van der Waals surface area contributed by atoms with E-state index >= 15 is 0 Å². The lowest BCUT2D eigenvalue weighted by atomic mass is 9.86. The molecule has 3 rings (SSSR count). The SMILES string of the molecule is N#Cc1c(N)sc2c1CCN(C(=O)CCC1CCCCC1)C2. The van der Waals surface area contributed by atoms with Crippen molar-refractivity contribution in [3.05, 3.63) is 16.0 Å². The van der Waals surface area contributed by atoms with Gasteiger partial charge in [0.1, 0.15) is 11.1 Å². The largest absolute Gasteiger partial charge is 0.389 e. The number of fused-ring (bicyclic) bond motifs is 1. The quantitative estimate of drug-likeness (QED) is 0.928. The molecule has 0 spiro atoms. The summed E-state index contributed by atoms with van der Waals surface area (Å²) in [4.78, 5) is 15.5. The molecular weight excluding hydrogens is 294 g/mol. The van der Waals surface area contributed by atoms with Gasteiger partial charge in [-0.05, 0) is 24.3 Å². The molecule has 0 saturated heterocycles. The summed E-state index contributed by atoms with van der Waals surface area (Å²) >= 11 is 1.47. The highest BCUT2D eigenvalue weighted by atomic mass is 32.1. The van der Waals surface area contributed by atoms with Crippen LogP contribution in [0.25, 0.3) is 0 Å². The van der Waals surface area contributed by atoms with E-state index in [0.717, 1.165) is 35.7 Å². The lowest BCUT2D eigenvalue weighted by Gasteiger charge is -2.28. The first-order valence-electron chi connectivity index (χ1n) is 8.27. The minimum Gasteiger partial charge on any atom is -0.389 e. The number of nitrogens with two attached hydrogens (primary N) is 1. The van der Waals surface area contributed by atoms with Gasteiger partial charge in [0.05, 0.1) is 12.1 Å². The zero-order chi connectivity index (χ0) is 15.5. The van der Waals surface area contributed by atoms with Crippen molar-refractivity contribution >= 4 is 22.2 Å². The Bertz CT molecular complexity index is 596. The highest BCUT2D eigenvalue weighted by Gasteiger charge is 2.26. The van der Waals surface area contributed by atoms with Crippen LogP contribution in [0.3, 0.4) is 0 Å². The van der Waals surface area contributed by atoms with Gasteiger partial charge in [0.25, 0.3) is 0 Å². The summed E-state index contributed by atoms with van der Waals surface area (Å²) in [5.41, 5.74) is 7.61. The van der Waals surface area contributed by atoms with Gasteiger partial charge in [0.2, 0.25) is 5.91 Å². The zero-order valence-corrected chi connectivity index (χ0v) is 13.8. The van der Waals surface area contributed by atoms with E-state index < -0.39 is 0 Å². The lowest BCUT2D eigenvalue weighted by Crippen LogP contribution is -2.35. The molecule has 1 aromatic rings. The standard InChI is InChI=1S/C17H23N3OS/c18-10-14-13-8-9-20(11-15(13)22-17(14)19)16(21)7-6-12-4-2-1-3-5-12/h12H,1-9,11,19H2. The van der Waals surface area contributed by atoms with Crippen molar-refractivity contribution in [2.24, 2.45) is 5.92 Å². The van der Waals surface area contributed by atoms with Crippen LogP contribution in [0.4, 0.5) is 5.00 Å². The van der Waals surface area contributed by atoms with Gasteiger partial charge in [-0.3, -0.25) is 4.79 Å². The van der Waals surface area contributed by atoms with Crippen molar-refractivity contribution in [2.75, 3.05) is 12.3 Å². The van der Waals surface area contributed by atoms with Crippen LogP contribution in [0.5, 0.6) is 0 Å². The van der Waals surface area contributed by atoms with Gasteiger partial charge in [0, 0.05) is 17.8 Å². The van der Waals surface area contributed by atoms with Crippen LogP contribution in [0.2, 0.25) is 0 Å². The summed E-state index contributed by atoms with van der Waals surface area (Å²) < 4.78 is 0. The van der Waals surface area contributed by atoms with Crippen molar-refractivity contribution in [1.29, 1.82) is 5.26 Å². The van der Waals surface area contributed by atoms with Crippen LogP contribution in [-0.2, 0) is 17.8 Å². The van der Waals surface area contributed by atoms with E-state index in [1.165, 1.54) is 43.4 Å². The number of anilines is 1. The van der Waals surface area contributed by atoms with E-state index in [4.69, 9.17) is 11.0 Å². The Hall–Kier alpha value is -1.54. The average Bonchev–Trinajstić information content (AvgIpc) is 2.87. The summed E-state index contributed by atoms with van der Waals surface area (Å²) in [5.74, 6) is 1.02. The molecule has 1 aliphatic carbocycles. The first kappa shape index (κ1) is 15.4. The van der Waals surface area contributed by atoms with Gasteiger partial charge < -0.3 is 10.6 Å². The monoisotopic (exact) mass is 317 g/mol. The van der Waals surface area contributed by atoms with Crippen LogP contribution in [-0.4, -0.2) is 17.4 Å². The van der Waals surface area contributed by atoms with E-state index in [2.05, 4.69) is 6.07 Å². The molecule has 2 aliphatic rings. The second-order valence-corrected chi connectivity index (χ2v) is 7.60. The molecule has 0 aromatic carbocycles. The normalized spacial score (nSPS) is 18.8. The van der Waals surface area contributed by atoms with E-state index in [1.807, 2.05) is 4.90 Å². The molecule has 0 unspecified atom stereocenters. The van der Waals surface area contributed by atoms with E-state index in [9.17, 15) is 4.79 Å². The Balaban J connectivity index is 1.57. The fourth-order valence-corrected chi connectivity index (χ4v) is 4.81. The molecule has 1 amide bonds. The van der Waals surface area contributed by atoms with E-state index in [-0.39, 0.29) is 5.91 Å². The van der Waals surface area contributed by atoms with Gasteiger partial charge in [-0.15, -0.1) is 11.3 Å². The Labute approximate surface area is 135 Å². The predicted molar refractivity (Wildman–Crippen MR) is 88.4 cm³/mol. The van der Waals surface area contributed by atoms with Gasteiger partial charge >= 0.3 is 0 Å². The van der Waals surface area contributed by atoms with Gasteiger partial charge in [-0.2, -0.15) is 5.26 Å². The Morgan fingerprint density at radius 1 is 1.36 bits per heavy atom.